The largest absolute Gasteiger partial charge is 0.506 e. The van der Waals surface area contributed by atoms with Crippen molar-refractivity contribution in [3.8, 4) is 11.5 Å². The Balaban J connectivity index is 1.79. The Morgan fingerprint density at radius 3 is 2.65 bits per heavy atom. The van der Waals surface area contributed by atoms with Gasteiger partial charge in [-0.3, -0.25) is 4.79 Å². The first-order valence-electron chi connectivity index (χ1n) is 6.11. The van der Waals surface area contributed by atoms with E-state index in [1.807, 2.05) is 30.3 Å². The summed E-state index contributed by atoms with van der Waals surface area (Å²) in [5, 5.41) is 12.2. The topological polar surface area (TPSA) is 58.6 Å². The van der Waals surface area contributed by atoms with Gasteiger partial charge in [-0.2, -0.15) is 0 Å². The molecule has 2 N–H and O–H groups in total. The first-order chi connectivity index (χ1) is 9.65. The quantitative estimate of drug-likeness (QED) is 0.830. The summed E-state index contributed by atoms with van der Waals surface area (Å²) in [6.45, 7) is 0.293. The second kappa shape index (κ2) is 6.82. The van der Waals surface area contributed by atoms with Crippen molar-refractivity contribution in [1.82, 2.24) is 0 Å². The van der Waals surface area contributed by atoms with Crippen molar-refractivity contribution in [2.45, 2.75) is 6.42 Å². The van der Waals surface area contributed by atoms with Crippen LogP contribution in [0.3, 0.4) is 0 Å². The van der Waals surface area contributed by atoms with Crippen LogP contribution in [0.2, 0.25) is 5.02 Å². The van der Waals surface area contributed by atoms with Crippen molar-refractivity contribution >= 4 is 23.2 Å². The van der Waals surface area contributed by atoms with Crippen LogP contribution in [0.4, 0.5) is 5.69 Å². The van der Waals surface area contributed by atoms with E-state index < -0.39 is 0 Å². The lowest BCUT2D eigenvalue weighted by Gasteiger charge is -2.08. The molecule has 0 aliphatic rings. The van der Waals surface area contributed by atoms with Crippen LogP contribution in [0.1, 0.15) is 6.42 Å². The van der Waals surface area contributed by atoms with Crippen LogP contribution >= 0.6 is 11.6 Å². The van der Waals surface area contributed by atoms with Gasteiger partial charge in [0, 0.05) is 5.69 Å². The number of carbonyl (C=O) groups is 1. The van der Waals surface area contributed by atoms with E-state index in [-0.39, 0.29) is 23.1 Å². The van der Waals surface area contributed by atoms with Crippen LogP contribution < -0.4 is 10.1 Å². The second-order valence-electron chi connectivity index (χ2n) is 4.13. The molecule has 0 saturated carbocycles. The Hall–Kier alpha value is -2.20. The second-order valence-corrected chi connectivity index (χ2v) is 4.53. The number of ether oxygens (including phenoxy) is 1. The molecule has 5 heteroatoms. The van der Waals surface area contributed by atoms with Gasteiger partial charge in [-0.25, -0.2) is 0 Å². The fourth-order valence-corrected chi connectivity index (χ4v) is 1.77. The van der Waals surface area contributed by atoms with Crippen molar-refractivity contribution in [3.63, 3.8) is 0 Å². The van der Waals surface area contributed by atoms with Gasteiger partial charge in [0.05, 0.1) is 18.1 Å². The summed E-state index contributed by atoms with van der Waals surface area (Å²) in [7, 11) is 0. The summed E-state index contributed by atoms with van der Waals surface area (Å²) in [5.41, 5.74) is 0.539. The normalized spacial score (nSPS) is 10.1. The zero-order chi connectivity index (χ0) is 14.4. The van der Waals surface area contributed by atoms with Crippen molar-refractivity contribution < 1.29 is 14.6 Å². The Morgan fingerprint density at radius 1 is 1.20 bits per heavy atom. The summed E-state index contributed by atoms with van der Waals surface area (Å²) in [6.07, 6.45) is 0.230. The van der Waals surface area contributed by atoms with Gasteiger partial charge in [0.2, 0.25) is 5.91 Å². The number of hydrogen-bond acceptors (Lipinski definition) is 3. The molecule has 0 unspecified atom stereocenters. The lowest BCUT2D eigenvalue weighted by atomic mass is 10.3. The number of halogens is 1. The number of phenols is 1. The van der Waals surface area contributed by atoms with Crippen LogP contribution in [0.15, 0.2) is 48.5 Å². The molecule has 0 aliphatic carbocycles. The number of carbonyl (C=O) groups excluding carboxylic acids is 1. The van der Waals surface area contributed by atoms with Gasteiger partial charge in [0.1, 0.15) is 11.5 Å². The minimum atomic E-state index is -0.178. The molecule has 0 heterocycles. The minimum Gasteiger partial charge on any atom is -0.506 e. The van der Waals surface area contributed by atoms with E-state index in [9.17, 15) is 9.90 Å². The van der Waals surface area contributed by atoms with Crippen LogP contribution in [-0.2, 0) is 4.79 Å². The molecule has 4 nitrogen and oxygen atoms in total. The standard InChI is InChI=1S/C15H14ClNO3/c16-13-10-11(6-7-14(13)18)17-15(19)8-9-20-12-4-2-1-3-5-12/h1-7,10,18H,8-9H2,(H,17,19). The number of nitrogens with one attached hydrogen (secondary N) is 1. The first kappa shape index (κ1) is 14.2. The molecule has 0 bridgehead atoms. The van der Waals surface area contributed by atoms with E-state index in [0.717, 1.165) is 5.75 Å². The lowest BCUT2D eigenvalue weighted by Crippen LogP contribution is -2.15. The molecule has 104 valence electrons. The van der Waals surface area contributed by atoms with Gasteiger partial charge in [0.15, 0.2) is 0 Å². The van der Waals surface area contributed by atoms with Crippen LogP contribution in [0.5, 0.6) is 11.5 Å². The maximum atomic E-state index is 11.7. The summed E-state index contributed by atoms with van der Waals surface area (Å²) in [6, 6.07) is 13.8. The highest BCUT2D eigenvalue weighted by Crippen LogP contribution is 2.26. The van der Waals surface area contributed by atoms with Gasteiger partial charge in [-0.1, -0.05) is 29.8 Å². The average Bonchev–Trinajstić information content (AvgIpc) is 2.44. The van der Waals surface area contributed by atoms with Gasteiger partial charge in [0.25, 0.3) is 0 Å². The fraction of sp³-hybridized carbons (Fsp3) is 0.133. The van der Waals surface area contributed by atoms with E-state index in [2.05, 4.69) is 5.32 Å². The summed E-state index contributed by atoms with van der Waals surface area (Å²) < 4.78 is 5.43. The fourth-order valence-electron chi connectivity index (χ4n) is 1.59. The van der Waals surface area contributed by atoms with E-state index >= 15 is 0 Å². The number of anilines is 1. The number of benzene rings is 2. The van der Waals surface area contributed by atoms with Crippen molar-refractivity contribution in [3.05, 3.63) is 53.6 Å². The van der Waals surface area contributed by atoms with Crippen LogP contribution in [0.25, 0.3) is 0 Å². The van der Waals surface area contributed by atoms with E-state index in [4.69, 9.17) is 16.3 Å². The smallest absolute Gasteiger partial charge is 0.227 e. The number of phenolic OH excluding ortho intramolecular Hbond substituents is 1. The third kappa shape index (κ3) is 4.17. The molecule has 0 radical (unpaired) electrons. The molecule has 1 amide bonds. The Labute approximate surface area is 122 Å². The molecule has 2 aromatic rings. The summed E-state index contributed by atoms with van der Waals surface area (Å²) >= 11 is 5.76. The number of para-hydroxylation sites is 1. The summed E-state index contributed by atoms with van der Waals surface area (Å²) in [5.74, 6) is 0.535. The number of rotatable bonds is 5. The van der Waals surface area contributed by atoms with Crippen molar-refractivity contribution in [1.29, 1.82) is 0 Å². The first-order valence-corrected chi connectivity index (χ1v) is 6.49. The SMILES string of the molecule is O=C(CCOc1ccccc1)Nc1ccc(O)c(Cl)c1. The highest BCUT2D eigenvalue weighted by atomic mass is 35.5. The molecular formula is C15H14ClNO3. The van der Waals surface area contributed by atoms with Gasteiger partial charge < -0.3 is 15.2 Å². The summed E-state index contributed by atoms with van der Waals surface area (Å²) in [4.78, 5) is 11.7. The predicted molar refractivity (Wildman–Crippen MR) is 78.3 cm³/mol. The van der Waals surface area contributed by atoms with E-state index in [1.165, 1.54) is 12.1 Å². The maximum absolute atomic E-state index is 11.7. The predicted octanol–water partition coefficient (Wildman–Crippen LogP) is 3.45. The lowest BCUT2D eigenvalue weighted by molar-refractivity contribution is -0.116. The zero-order valence-electron chi connectivity index (χ0n) is 10.7. The van der Waals surface area contributed by atoms with Gasteiger partial charge in [-0.15, -0.1) is 0 Å². The van der Waals surface area contributed by atoms with Gasteiger partial charge >= 0.3 is 0 Å². The van der Waals surface area contributed by atoms with Crippen molar-refractivity contribution in [2.75, 3.05) is 11.9 Å². The van der Waals surface area contributed by atoms with Crippen LogP contribution in [0, 0.1) is 0 Å². The molecular weight excluding hydrogens is 278 g/mol. The third-order valence-corrected chi connectivity index (χ3v) is 2.88. The molecule has 0 spiro atoms. The van der Waals surface area contributed by atoms with Crippen LogP contribution in [-0.4, -0.2) is 17.6 Å². The molecule has 0 aromatic heterocycles. The molecule has 0 fully saturated rings. The van der Waals surface area contributed by atoms with Crippen molar-refractivity contribution in [2.24, 2.45) is 0 Å². The molecule has 2 rings (SSSR count). The zero-order valence-corrected chi connectivity index (χ0v) is 11.4. The highest BCUT2D eigenvalue weighted by Gasteiger charge is 2.05. The monoisotopic (exact) mass is 291 g/mol. The average molecular weight is 292 g/mol. The number of amides is 1. The maximum Gasteiger partial charge on any atom is 0.227 e. The van der Waals surface area contributed by atoms with Gasteiger partial charge in [-0.05, 0) is 30.3 Å². The van der Waals surface area contributed by atoms with E-state index in [1.54, 1.807) is 6.07 Å². The third-order valence-electron chi connectivity index (χ3n) is 2.57. The Kier molecular flexibility index (Phi) is 4.85. The Morgan fingerprint density at radius 2 is 1.95 bits per heavy atom. The molecule has 0 aliphatic heterocycles. The molecule has 0 saturated heterocycles. The molecule has 2 aromatic carbocycles. The minimum absolute atomic E-state index is 0.0166. The molecule has 0 atom stereocenters. The number of aromatic hydroxyl groups is 1. The highest BCUT2D eigenvalue weighted by molar-refractivity contribution is 6.32. The number of hydrogen-bond donors (Lipinski definition) is 2. The molecule has 20 heavy (non-hydrogen) atoms. The van der Waals surface area contributed by atoms with E-state index in [0.29, 0.717) is 12.3 Å². The Bertz CT molecular complexity index is 587.